The van der Waals surface area contributed by atoms with E-state index in [1.807, 2.05) is 0 Å². The van der Waals surface area contributed by atoms with E-state index < -0.39 is 0 Å². The number of hydrogen-bond donors (Lipinski definition) is 1. The van der Waals surface area contributed by atoms with Gasteiger partial charge in [-0.2, -0.15) is 0 Å². The van der Waals surface area contributed by atoms with Crippen LogP contribution < -0.4 is 0 Å². The Morgan fingerprint density at radius 3 is 2.47 bits per heavy atom. The van der Waals surface area contributed by atoms with Crippen LogP contribution in [0.25, 0.3) is 0 Å². The molecule has 0 heterocycles. The highest BCUT2D eigenvalue weighted by molar-refractivity contribution is 5.06. The van der Waals surface area contributed by atoms with E-state index in [0.29, 0.717) is 11.8 Å². The first kappa shape index (κ1) is 10.1. The predicted octanol–water partition coefficient (Wildman–Crippen LogP) is 2.35. The molecule has 0 saturated heterocycles. The first-order valence-corrected chi connectivity index (χ1v) is 6.54. The third-order valence-corrected chi connectivity index (χ3v) is 4.78. The molecule has 4 fully saturated rings. The fourth-order valence-electron chi connectivity index (χ4n) is 4.42. The third-order valence-electron chi connectivity index (χ3n) is 4.78. The summed E-state index contributed by atoms with van der Waals surface area (Å²) in [5.41, 5.74) is 0.172. The largest absolute Gasteiger partial charge is 0.393 e. The van der Waals surface area contributed by atoms with Crippen molar-refractivity contribution in [2.45, 2.75) is 57.2 Å². The summed E-state index contributed by atoms with van der Waals surface area (Å²) in [4.78, 5) is 0. The average molecular weight is 210 g/mol. The summed E-state index contributed by atoms with van der Waals surface area (Å²) in [6.45, 7) is 3.08. The topological polar surface area (TPSA) is 29.5 Å². The summed E-state index contributed by atoms with van der Waals surface area (Å²) in [5, 5.41) is 10.1. The van der Waals surface area contributed by atoms with E-state index in [9.17, 15) is 5.11 Å². The lowest BCUT2D eigenvalue weighted by Crippen LogP contribution is -2.57. The molecule has 0 spiro atoms. The minimum atomic E-state index is -0.0140. The zero-order chi connectivity index (χ0) is 10.5. The van der Waals surface area contributed by atoms with Crippen LogP contribution in [0.5, 0.6) is 0 Å². The SMILES string of the molecule is CCCOC12CC3C[C@H](C1)C(O)[C@@H](C3)C2. The van der Waals surface area contributed by atoms with Crippen LogP contribution in [-0.2, 0) is 4.74 Å². The van der Waals surface area contributed by atoms with Gasteiger partial charge in [0.15, 0.2) is 0 Å². The van der Waals surface area contributed by atoms with Crippen molar-refractivity contribution in [2.75, 3.05) is 6.61 Å². The van der Waals surface area contributed by atoms with Gasteiger partial charge in [0.1, 0.15) is 0 Å². The molecule has 1 N–H and O–H groups in total. The van der Waals surface area contributed by atoms with Gasteiger partial charge in [0.05, 0.1) is 11.7 Å². The highest BCUT2D eigenvalue weighted by Crippen LogP contribution is 2.57. The monoisotopic (exact) mass is 210 g/mol. The van der Waals surface area contributed by atoms with E-state index in [1.54, 1.807) is 0 Å². The van der Waals surface area contributed by atoms with Crippen LogP contribution in [0.2, 0.25) is 0 Å². The Balaban J connectivity index is 1.77. The molecule has 0 radical (unpaired) electrons. The first-order chi connectivity index (χ1) is 7.22. The van der Waals surface area contributed by atoms with Crippen LogP contribution in [0, 0.1) is 17.8 Å². The maximum atomic E-state index is 10.1. The smallest absolute Gasteiger partial charge is 0.0692 e. The lowest BCUT2D eigenvalue weighted by molar-refractivity contribution is -0.200. The molecule has 2 heteroatoms. The van der Waals surface area contributed by atoms with Crippen molar-refractivity contribution in [3.8, 4) is 0 Å². The minimum absolute atomic E-state index is 0.0140. The van der Waals surface area contributed by atoms with Crippen LogP contribution in [0.3, 0.4) is 0 Å². The van der Waals surface area contributed by atoms with Gasteiger partial charge in [-0.05, 0) is 56.3 Å². The third kappa shape index (κ3) is 1.53. The zero-order valence-corrected chi connectivity index (χ0v) is 9.61. The Morgan fingerprint density at radius 2 is 1.87 bits per heavy atom. The highest BCUT2D eigenvalue weighted by Gasteiger charge is 2.55. The van der Waals surface area contributed by atoms with Gasteiger partial charge in [0.25, 0.3) is 0 Å². The van der Waals surface area contributed by atoms with Crippen molar-refractivity contribution in [3.63, 3.8) is 0 Å². The first-order valence-electron chi connectivity index (χ1n) is 6.54. The quantitative estimate of drug-likeness (QED) is 0.775. The van der Waals surface area contributed by atoms with Gasteiger partial charge in [-0.3, -0.25) is 0 Å². The van der Waals surface area contributed by atoms with Crippen molar-refractivity contribution in [1.29, 1.82) is 0 Å². The van der Waals surface area contributed by atoms with Gasteiger partial charge < -0.3 is 9.84 Å². The molecule has 4 bridgehead atoms. The van der Waals surface area contributed by atoms with Gasteiger partial charge >= 0.3 is 0 Å². The molecule has 4 saturated carbocycles. The molecule has 86 valence electrons. The van der Waals surface area contributed by atoms with Crippen LogP contribution in [0.15, 0.2) is 0 Å². The van der Waals surface area contributed by atoms with Gasteiger partial charge in [-0.15, -0.1) is 0 Å². The Morgan fingerprint density at radius 1 is 1.20 bits per heavy atom. The van der Waals surface area contributed by atoms with Crippen LogP contribution in [0.4, 0.5) is 0 Å². The van der Waals surface area contributed by atoms with E-state index in [2.05, 4.69) is 6.92 Å². The van der Waals surface area contributed by atoms with Crippen molar-refractivity contribution in [1.82, 2.24) is 0 Å². The summed E-state index contributed by atoms with van der Waals surface area (Å²) in [7, 11) is 0. The van der Waals surface area contributed by atoms with Crippen LogP contribution in [-0.4, -0.2) is 23.4 Å². The predicted molar refractivity (Wildman–Crippen MR) is 58.5 cm³/mol. The number of aliphatic hydroxyl groups is 1. The van der Waals surface area contributed by atoms with Gasteiger partial charge in [0, 0.05) is 6.61 Å². The molecular weight excluding hydrogens is 188 g/mol. The molecule has 0 aromatic heterocycles. The molecule has 4 aliphatic carbocycles. The van der Waals surface area contributed by atoms with E-state index in [0.717, 1.165) is 31.8 Å². The maximum absolute atomic E-state index is 10.1. The van der Waals surface area contributed by atoms with Gasteiger partial charge in [-0.25, -0.2) is 0 Å². The molecule has 5 atom stereocenters. The number of aliphatic hydroxyl groups excluding tert-OH is 1. The molecular formula is C13H22O2. The molecule has 3 unspecified atom stereocenters. The number of ether oxygens (including phenoxy) is 1. The summed E-state index contributed by atoms with van der Waals surface area (Å²) in [6.07, 6.45) is 7.14. The molecule has 0 aliphatic heterocycles. The molecule has 15 heavy (non-hydrogen) atoms. The molecule has 0 amide bonds. The summed E-state index contributed by atoms with van der Waals surface area (Å²) in [5.74, 6) is 1.95. The van der Waals surface area contributed by atoms with Gasteiger partial charge in [0.2, 0.25) is 0 Å². The standard InChI is InChI=1S/C13H22O2/c1-2-3-15-13-6-9-4-10(7-13)12(14)11(5-9)8-13/h9-12,14H,2-8H2,1H3/t9?,10-,11+,12?,13?. The van der Waals surface area contributed by atoms with Crippen LogP contribution >= 0.6 is 0 Å². The Bertz CT molecular complexity index is 235. The second-order valence-electron chi connectivity index (χ2n) is 5.99. The van der Waals surface area contributed by atoms with Crippen molar-refractivity contribution < 1.29 is 9.84 Å². The van der Waals surface area contributed by atoms with E-state index >= 15 is 0 Å². The molecule has 0 aromatic rings. The summed E-state index contributed by atoms with van der Waals surface area (Å²) >= 11 is 0. The maximum Gasteiger partial charge on any atom is 0.0692 e. The Kier molecular flexibility index (Phi) is 2.33. The number of rotatable bonds is 3. The van der Waals surface area contributed by atoms with E-state index in [-0.39, 0.29) is 11.7 Å². The van der Waals surface area contributed by atoms with Gasteiger partial charge in [-0.1, -0.05) is 6.92 Å². The van der Waals surface area contributed by atoms with E-state index in [4.69, 9.17) is 4.74 Å². The van der Waals surface area contributed by atoms with E-state index in [1.165, 1.54) is 19.3 Å². The lowest BCUT2D eigenvalue weighted by atomic mass is 9.53. The molecule has 0 aromatic carbocycles. The zero-order valence-electron chi connectivity index (χ0n) is 9.61. The fraction of sp³-hybridized carbons (Fsp3) is 1.00. The minimum Gasteiger partial charge on any atom is -0.393 e. The van der Waals surface area contributed by atoms with Crippen molar-refractivity contribution >= 4 is 0 Å². The molecule has 4 rings (SSSR count). The van der Waals surface area contributed by atoms with Crippen molar-refractivity contribution in [2.24, 2.45) is 17.8 Å². The fourth-order valence-corrected chi connectivity index (χ4v) is 4.42. The highest BCUT2D eigenvalue weighted by atomic mass is 16.5. The number of hydrogen-bond acceptors (Lipinski definition) is 2. The summed E-state index contributed by atoms with van der Waals surface area (Å²) in [6, 6.07) is 0. The molecule has 2 nitrogen and oxygen atoms in total. The lowest BCUT2D eigenvalue weighted by Gasteiger charge is -2.58. The summed E-state index contributed by atoms with van der Waals surface area (Å²) < 4.78 is 6.13. The normalized spacial score (nSPS) is 52.4. The Labute approximate surface area is 92.0 Å². The second kappa shape index (κ2) is 3.46. The molecule has 4 aliphatic rings. The van der Waals surface area contributed by atoms with Crippen molar-refractivity contribution in [3.05, 3.63) is 0 Å². The van der Waals surface area contributed by atoms with Crippen LogP contribution in [0.1, 0.15) is 45.4 Å². The average Bonchev–Trinajstić information content (AvgIpc) is 2.22. The Hall–Kier alpha value is -0.0800. The second-order valence-corrected chi connectivity index (χ2v) is 5.99.